The highest BCUT2D eigenvalue weighted by Gasteiger charge is 2.20. The molecule has 88 valence electrons. The first-order valence-electron chi connectivity index (χ1n) is 4.77. The Hall–Kier alpha value is -1.14. The summed E-state index contributed by atoms with van der Waals surface area (Å²) >= 11 is 0. The quantitative estimate of drug-likeness (QED) is 0.480. The highest BCUT2D eigenvalue weighted by atomic mass is 16.4. The van der Waals surface area contributed by atoms with Crippen molar-refractivity contribution in [2.24, 2.45) is 0 Å². The molecule has 1 saturated carbocycles. The third kappa shape index (κ3) is 6.87. The Morgan fingerprint density at radius 3 is 1.53 bits per heavy atom. The molecule has 1 aliphatic carbocycles. The van der Waals surface area contributed by atoms with Gasteiger partial charge in [0.1, 0.15) is 0 Å². The van der Waals surface area contributed by atoms with Gasteiger partial charge in [0.2, 0.25) is 6.10 Å². The van der Waals surface area contributed by atoms with Gasteiger partial charge in [0.25, 0.3) is 0 Å². The Bertz CT molecular complexity index is 195. The van der Waals surface area contributed by atoms with Crippen molar-refractivity contribution in [2.75, 3.05) is 0 Å². The van der Waals surface area contributed by atoms with E-state index in [0.29, 0.717) is 0 Å². The van der Waals surface area contributed by atoms with Crippen molar-refractivity contribution in [3.63, 3.8) is 0 Å². The van der Waals surface area contributed by atoms with E-state index in [-0.39, 0.29) is 6.10 Å². The molecule has 15 heavy (non-hydrogen) atoms. The number of carboxylic acids is 2. The minimum absolute atomic E-state index is 0.0359. The van der Waals surface area contributed by atoms with Gasteiger partial charge < -0.3 is 20.4 Å². The van der Waals surface area contributed by atoms with Crippen LogP contribution in [0.5, 0.6) is 0 Å². The molecule has 0 saturated heterocycles. The van der Waals surface area contributed by atoms with E-state index in [1.54, 1.807) is 0 Å². The largest absolute Gasteiger partial charge is 0.479 e. The predicted molar refractivity (Wildman–Crippen MR) is 50.4 cm³/mol. The fourth-order valence-corrected chi connectivity index (χ4v) is 1.19. The van der Waals surface area contributed by atoms with Crippen molar-refractivity contribution < 1.29 is 30.0 Å². The van der Waals surface area contributed by atoms with E-state index in [4.69, 9.17) is 20.4 Å². The first kappa shape index (κ1) is 13.9. The van der Waals surface area contributed by atoms with Gasteiger partial charge in [0, 0.05) is 0 Å². The second-order valence-electron chi connectivity index (χ2n) is 3.37. The van der Waals surface area contributed by atoms with Gasteiger partial charge in [0.05, 0.1) is 6.10 Å². The lowest BCUT2D eigenvalue weighted by Gasteiger charge is -2.14. The molecule has 1 rings (SSSR count). The van der Waals surface area contributed by atoms with E-state index in [0.717, 1.165) is 12.8 Å². The topological polar surface area (TPSA) is 115 Å². The number of hydrogen-bond donors (Lipinski definition) is 4. The van der Waals surface area contributed by atoms with Crippen LogP contribution in [0.25, 0.3) is 0 Å². The van der Waals surface area contributed by atoms with Gasteiger partial charge in [-0.25, -0.2) is 9.59 Å². The van der Waals surface area contributed by atoms with Crippen LogP contribution in [-0.4, -0.2) is 44.6 Å². The lowest BCUT2D eigenvalue weighted by atomic mass is 9.98. The third-order valence-corrected chi connectivity index (χ3v) is 2.04. The summed E-state index contributed by atoms with van der Waals surface area (Å²) in [4.78, 5) is 19.0. The Balaban J connectivity index is 0.000000262. The molecule has 6 nitrogen and oxygen atoms in total. The van der Waals surface area contributed by atoms with Crippen molar-refractivity contribution in [2.45, 2.75) is 44.3 Å². The normalized spacial score (nSPS) is 16.7. The average molecular weight is 220 g/mol. The van der Waals surface area contributed by atoms with Gasteiger partial charge in [-0.1, -0.05) is 19.3 Å². The molecular formula is C9H16O6. The van der Waals surface area contributed by atoms with E-state index in [1.165, 1.54) is 19.3 Å². The molecule has 0 spiro atoms. The number of aliphatic hydroxyl groups excluding tert-OH is 2. The van der Waals surface area contributed by atoms with Gasteiger partial charge in [-0.2, -0.15) is 0 Å². The first-order valence-corrected chi connectivity index (χ1v) is 4.77. The Morgan fingerprint density at radius 1 is 1.00 bits per heavy atom. The van der Waals surface area contributed by atoms with E-state index >= 15 is 0 Å². The summed E-state index contributed by atoms with van der Waals surface area (Å²) in [6, 6.07) is 0. The Kier molecular flexibility index (Phi) is 6.64. The molecule has 6 heteroatoms. The first-order chi connectivity index (χ1) is 6.95. The van der Waals surface area contributed by atoms with Crippen LogP contribution in [0.2, 0.25) is 0 Å². The summed E-state index contributed by atoms with van der Waals surface area (Å²) in [5, 5.41) is 32.4. The lowest BCUT2D eigenvalue weighted by molar-refractivity contribution is -0.160. The van der Waals surface area contributed by atoms with Gasteiger partial charge in [0.15, 0.2) is 0 Å². The molecule has 0 bridgehead atoms. The molecule has 0 aromatic heterocycles. The third-order valence-electron chi connectivity index (χ3n) is 2.04. The van der Waals surface area contributed by atoms with Crippen LogP contribution in [0, 0.1) is 0 Å². The number of hydrogen-bond acceptors (Lipinski definition) is 4. The maximum atomic E-state index is 9.51. The van der Waals surface area contributed by atoms with E-state index in [1.807, 2.05) is 0 Å². The molecule has 0 radical (unpaired) electrons. The molecule has 0 unspecified atom stereocenters. The van der Waals surface area contributed by atoms with Crippen LogP contribution in [0.15, 0.2) is 0 Å². The molecule has 0 amide bonds. The van der Waals surface area contributed by atoms with Gasteiger partial charge in [-0.15, -0.1) is 0 Å². The van der Waals surface area contributed by atoms with Crippen molar-refractivity contribution in [3.05, 3.63) is 0 Å². The van der Waals surface area contributed by atoms with Crippen LogP contribution < -0.4 is 0 Å². The molecule has 0 aliphatic heterocycles. The van der Waals surface area contributed by atoms with Gasteiger partial charge in [-0.3, -0.25) is 0 Å². The number of aliphatic carboxylic acids is 2. The molecule has 4 N–H and O–H groups in total. The maximum Gasteiger partial charge on any atom is 0.344 e. The second-order valence-corrected chi connectivity index (χ2v) is 3.37. The van der Waals surface area contributed by atoms with Crippen LogP contribution in [0.1, 0.15) is 32.1 Å². The number of carboxylic acid groups (broad SMARTS) is 2. The molecule has 0 aromatic rings. The summed E-state index contributed by atoms with van der Waals surface area (Å²) in [6.45, 7) is 0. The predicted octanol–water partition coefficient (Wildman–Crippen LogP) is -0.172. The molecule has 1 fully saturated rings. The number of rotatable bonds is 2. The zero-order chi connectivity index (χ0) is 11.8. The van der Waals surface area contributed by atoms with Gasteiger partial charge in [-0.05, 0) is 12.8 Å². The number of carbonyl (C=O) groups is 2. The summed E-state index contributed by atoms with van der Waals surface area (Å²) in [5.41, 5.74) is 0. The zero-order valence-electron chi connectivity index (χ0n) is 8.30. The monoisotopic (exact) mass is 220 g/mol. The SMILES string of the molecule is O=C(O)C(O)C(=O)O.OC1CCCCC1. The molecule has 0 aromatic carbocycles. The van der Waals surface area contributed by atoms with E-state index in [2.05, 4.69) is 0 Å². The summed E-state index contributed by atoms with van der Waals surface area (Å²) in [7, 11) is 0. The molecular weight excluding hydrogens is 204 g/mol. The molecule has 1 aliphatic rings. The smallest absolute Gasteiger partial charge is 0.344 e. The van der Waals surface area contributed by atoms with Crippen LogP contribution in [0.4, 0.5) is 0 Å². The second kappa shape index (κ2) is 7.19. The number of aliphatic hydroxyl groups is 2. The van der Waals surface area contributed by atoms with Crippen LogP contribution in [0.3, 0.4) is 0 Å². The summed E-state index contributed by atoms with van der Waals surface area (Å²) < 4.78 is 0. The van der Waals surface area contributed by atoms with Crippen molar-refractivity contribution >= 4 is 11.9 Å². The minimum atomic E-state index is -2.30. The van der Waals surface area contributed by atoms with Crippen molar-refractivity contribution in [3.8, 4) is 0 Å². The standard InChI is InChI=1S/C6H12O.C3H4O5/c7-6-4-2-1-3-5-6;4-1(2(5)6)3(7)8/h6-7H,1-5H2;1,4H,(H,5,6)(H,7,8). The average Bonchev–Trinajstić information content (AvgIpc) is 2.18. The fourth-order valence-electron chi connectivity index (χ4n) is 1.19. The van der Waals surface area contributed by atoms with Crippen LogP contribution in [-0.2, 0) is 9.59 Å². The highest BCUT2D eigenvalue weighted by Crippen LogP contribution is 2.16. The summed E-state index contributed by atoms with van der Waals surface area (Å²) in [5.74, 6) is -3.50. The Morgan fingerprint density at radius 2 is 1.40 bits per heavy atom. The highest BCUT2D eigenvalue weighted by molar-refractivity contribution is 5.95. The molecule has 0 atom stereocenters. The van der Waals surface area contributed by atoms with Gasteiger partial charge >= 0.3 is 11.9 Å². The van der Waals surface area contributed by atoms with Crippen molar-refractivity contribution in [1.82, 2.24) is 0 Å². The van der Waals surface area contributed by atoms with E-state index in [9.17, 15) is 9.59 Å². The maximum absolute atomic E-state index is 9.51. The fraction of sp³-hybridized carbons (Fsp3) is 0.778. The van der Waals surface area contributed by atoms with Crippen molar-refractivity contribution in [1.29, 1.82) is 0 Å². The van der Waals surface area contributed by atoms with Crippen LogP contribution >= 0.6 is 0 Å². The Labute approximate surface area is 87.2 Å². The summed E-state index contributed by atoms with van der Waals surface area (Å²) in [6.07, 6.45) is 3.63. The lowest BCUT2D eigenvalue weighted by Crippen LogP contribution is -2.28. The minimum Gasteiger partial charge on any atom is -0.479 e. The zero-order valence-corrected chi connectivity index (χ0v) is 8.30. The molecule has 0 heterocycles. The van der Waals surface area contributed by atoms with E-state index < -0.39 is 18.0 Å².